The number of allylic oxidation sites excluding steroid dienone is 2. The Bertz CT molecular complexity index is 1930. The normalized spacial score (nSPS) is 20.8. The van der Waals surface area contributed by atoms with Gasteiger partial charge in [-0.1, -0.05) is 97.3 Å². The van der Waals surface area contributed by atoms with E-state index in [9.17, 15) is 0 Å². The third kappa shape index (κ3) is 3.83. The van der Waals surface area contributed by atoms with Crippen molar-refractivity contribution >= 4 is 50.8 Å². The number of rotatable bonds is 0. The third-order valence-corrected chi connectivity index (χ3v) is 10.0. The minimum atomic E-state index is -0.371. The summed E-state index contributed by atoms with van der Waals surface area (Å²) in [6.45, 7) is 17.7. The molecule has 215 valence electrons. The number of fused-ring (bicyclic) bond motifs is 12. The van der Waals surface area contributed by atoms with E-state index in [0.717, 1.165) is 44.9 Å². The van der Waals surface area contributed by atoms with E-state index in [1.165, 1.54) is 0 Å². The van der Waals surface area contributed by atoms with Gasteiger partial charge >= 0.3 is 0 Å². The van der Waals surface area contributed by atoms with E-state index < -0.39 is 0 Å². The van der Waals surface area contributed by atoms with Crippen LogP contribution in [0.2, 0.25) is 0 Å². The van der Waals surface area contributed by atoms with Gasteiger partial charge in [0, 0.05) is 44.1 Å². The second-order valence-corrected chi connectivity index (χ2v) is 13.3. The molecule has 0 unspecified atom stereocenters. The Morgan fingerprint density at radius 3 is 1.64 bits per heavy atom. The molecule has 1 fully saturated rings. The van der Waals surface area contributed by atoms with Crippen LogP contribution in [0.5, 0.6) is 0 Å². The molecule has 9 heteroatoms. The van der Waals surface area contributed by atoms with Crippen LogP contribution in [-0.4, -0.2) is 37.3 Å². The average Bonchev–Trinajstić information content (AvgIpc) is 3.20. The summed E-state index contributed by atoms with van der Waals surface area (Å²) >= 11 is 0. The predicted molar refractivity (Wildman–Crippen MR) is 166 cm³/mol. The van der Waals surface area contributed by atoms with Crippen molar-refractivity contribution in [3.63, 3.8) is 0 Å². The van der Waals surface area contributed by atoms with E-state index in [0.29, 0.717) is 23.3 Å². The van der Waals surface area contributed by atoms with Crippen molar-refractivity contribution in [2.45, 2.75) is 55.4 Å². The molecular formula is C33H33CoN8-. The van der Waals surface area contributed by atoms with E-state index in [1.807, 2.05) is 48.5 Å². The third-order valence-electron chi connectivity index (χ3n) is 10.0. The summed E-state index contributed by atoms with van der Waals surface area (Å²) in [7, 11) is 0. The SMILES string of the molecule is CC1(C)C2=CC3=NC(=Nc4nc(nc5ccccc45)-c4nc(c5ccccc5n4)N=C([N-]2)C1(C)C)C(C)(C)C3(C)C.[Co]. The van der Waals surface area contributed by atoms with Gasteiger partial charge in [0.25, 0.3) is 0 Å². The Balaban J connectivity index is 0.00000316. The maximum atomic E-state index is 5.16. The van der Waals surface area contributed by atoms with Crippen molar-refractivity contribution in [1.82, 2.24) is 19.9 Å². The van der Waals surface area contributed by atoms with Crippen molar-refractivity contribution in [2.75, 3.05) is 0 Å². The molecule has 0 aliphatic carbocycles. The molecule has 42 heavy (non-hydrogen) atoms. The van der Waals surface area contributed by atoms with Gasteiger partial charge in [-0.2, -0.15) is 0 Å². The minimum absolute atomic E-state index is 0. The van der Waals surface area contributed by atoms with Crippen molar-refractivity contribution in [2.24, 2.45) is 36.6 Å². The Kier molecular flexibility index (Phi) is 6.12. The van der Waals surface area contributed by atoms with E-state index in [-0.39, 0.29) is 38.4 Å². The molecule has 1 radical (unpaired) electrons. The fraction of sp³-hybridized carbons (Fsp3) is 0.364. The average molecular weight is 601 g/mol. The minimum Gasteiger partial charge on any atom is -0.442 e. The van der Waals surface area contributed by atoms with Gasteiger partial charge in [-0.25, -0.2) is 29.9 Å². The Morgan fingerprint density at radius 1 is 0.548 bits per heavy atom. The molecule has 3 aliphatic heterocycles. The molecular weight excluding hydrogens is 567 g/mol. The molecule has 0 N–H and O–H groups in total. The first-order chi connectivity index (χ1) is 19.3. The maximum absolute atomic E-state index is 5.16. The van der Waals surface area contributed by atoms with Gasteiger partial charge < -0.3 is 10.3 Å². The second-order valence-electron chi connectivity index (χ2n) is 13.3. The molecule has 3 aliphatic rings. The zero-order valence-corrected chi connectivity index (χ0v) is 26.1. The molecule has 8 nitrogen and oxygen atoms in total. The molecule has 2 aromatic carbocycles. The monoisotopic (exact) mass is 600 g/mol. The molecule has 2 aromatic heterocycles. The fourth-order valence-electron chi connectivity index (χ4n) is 5.56. The number of amidine groups is 2. The number of hydrogen-bond donors (Lipinski definition) is 0. The van der Waals surface area contributed by atoms with E-state index in [2.05, 4.69) is 61.5 Å². The van der Waals surface area contributed by atoms with Crippen molar-refractivity contribution < 1.29 is 16.8 Å². The van der Waals surface area contributed by atoms with Crippen molar-refractivity contribution in [1.29, 1.82) is 0 Å². The predicted octanol–water partition coefficient (Wildman–Crippen LogP) is 8.14. The van der Waals surface area contributed by atoms with Gasteiger partial charge in [0.1, 0.15) is 5.84 Å². The molecule has 4 aromatic rings. The molecule has 5 heterocycles. The smallest absolute Gasteiger partial charge is 0.200 e. The number of benzene rings is 2. The molecule has 0 saturated carbocycles. The standard InChI is InChI=1S/C33H33N8.Co/c1-30(2)22-17-23-31(3,4)33(7,8)29(37-23)41-25-19-14-10-12-16-21(19)35-27(39-25)26-34-20-15-11-9-13-18(20)24(38-26)40-28(36-22)32(30,5)6;/h9-17H,1-8H3;/q-1;. The number of aromatic nitrogens is 4. The maximum Gasteiger partial charge on any atom is 0.200 e. The van der Waals surface area contributed by atoms with Crippen LogP contribution in [0.1, 0.15) is 55.4 Å². The number of aliphatic imine (C=N–C) groups is 3. The van der Waals surface area contributed by atoms with Gasteiger partial charge in [0.15, 0.2) is 17.5 Å². The van der Waals surface area contributed by atoms with E-state index in [4.69, 9.17) is 40.2 Å². The van der Waals surface area contributed by atoms with Crippen LogP contribution >= 0.6 is 0 Å². The van der Waals surface area contributed by atoms with E-state index >= 15 is 0 Å². The summed E-state index contributed by atoms with van der Waals surface area (Å²) in [5.41, 5.74) is 2.08. The first-order valence-electron chi connectivity index (χ1n) is 14.1. The van der Waals surface area contributed by atoms with Crippen LogP contribution in [0.3, 0.4) is 0 Å². The Morgan fingerprint density at radius 2 is 1.07 bits per heavy atom. The fourth-order valence-corrected chi connectivity index (χ4v) is 5.56. The second kappa shape index (κ2) is 9.09. The number of hydrogen-bond acceptors (Lipinski definition) is 7. The molecule has 0 spiro atoms. The largest absolute Gasteiger partial charge is 0.442 e. The molecule has 7 rings (SSSR count). The first kappa shape index (κ1) is 28.3. The van der Waals surface area contributed by atoms with Gasteiger partial charge in [0.2, 0.25) is 0 Å². The van der Waals surface area contributed by atoms with Crippen LogP contribution in [-0.2, 0) is 16.8 Å². The molecule has 0 amide bonds. The van der Waals surface area contributed by atoms with Crippen LogP contribution in [0.15, 0.2) is 75.3 Å². The van der Waals surface area contributed by atoms with Gasteiger partial charge in [-0.05, 0) is 35.1 Å². The van der Waals surface area contributed by atoms with Gasteiger partial charge in [-0.15, -0.1) is 0 Å². The Hall–Kier alpha value is -3.82. The van der Waals surface area contributed by atoms with Crippen LogP contribution in [0, 0.1) is 21.7 Å². The first-order valence-corrected chi connectivity index (χ1v) is 14.1. The molecule has 8 bridgehead atoms. The topological polar surface area (TPSA) is 103 Å². The summed E-state index contributed by atoms with van der Waals surface area (Å²) in [4.78, 5) is 35.1. The summed E-state index contributed by atoms with van der Waals surface area (Å²) < 4.78 is 0. The summed E-state index contributed by atoms with van der Waals surface area (Å²) in [6, 6.07) is 15.8. The summed E-state index contributed by atoms with van der Waals surface area (Å²) in [5.74, 6) is 3.34. The molecule has 1 saturated heterocycles. The summed E-state index contributed by atoms with van der Waals surface area (Å²) in [6.07, 6.45) is 2.15. The number of nitrogens with zero attached hydrogens (tertiary/aromatic N) is 8. The zero-order chi connectivity index (χ0) is 28.9. The van der Waals surface area contributed by atoms with Crippen molar-refractivity contribution in [3.8, 4) is 11.6 Å². The Labute approximate surface area is 256 Å². The van der Waals surface area contributed by atoms with Crippen molar-refractivity contribution in [3.05, 3.63) is 65.6 Å². The quantitative estimate of drug-likeness (QED) is 0.203. The zero-order valence-electron chi connectivity index (χ0n) is 25.1. The van der Waals surface area contributed by atoms with Gasteiger partial charge in [-0.3, -0.25) is 0 Å². The molecule has 0 atom stereocenters. The van der Waals surface area contributed by atoms with Gasteiger partial charge in [0.05, 0.1) is 16.9 Å². The van der Waals surface area contributed by atoms with Crippen LogP contribution < -0.4 is 0 Å². The van der Waals surface area contributed by atoms with Crippen LogP contribution in [0.4, 0.5) is 11.6 Å². The number of para-hydroxylation sites is 2. The summed E-state index contributed by atoms with van der Waals surface area (Å²) in [5, 5.41) is 6.86. The van der Waals surface area contributed by atoms with Crippen LogP contribution in [0.25, 0.3) is 38.8 Å². The van der Waals surface area contributed by atoms with E-state index in [1.54, 1.807) is 0 Å².